The molecule has 2 aromatic carbocycles. The molecule has 0 radical (unpaired) electrons. The van der Waals surface area contributed by atoms with Gasteiger partial charge >= 0.3 is 0 Å². The second kappa shape index (κ2) is 6.47. The maximum atomic E-state index is 11.0. The molecule has 21 heavy (non-hydrogen) atoms. The van der Waals surface area contributed by atoms with E-state index in [4.69, 9.17) is 22.5 Å². The summed E-state index contributed by atoms with van der Waals surface area (Å²) in [5.74, 6) is -0.112. The molecule has 3 N–H and O–H groups in total. The first-order valence-corrected chi connectivity index (χ1v) is 6.91. The van der Waals surface area contributed by atoms with Crippen LogP contribution in [0.25, 0.3) is 0 Å². The maximum Gasteiger partial charge on any atom is 0.283 e. The zero-order valence-electron chi connectivity index (χ0n) is 10.6. The van der Waals surface area contributed by atoms with Crippen molar-refractivity contribution in [1.82, 2.24) is 0 Å². The third kappa shape index (κ3) is 3.45. The molecule has 6 nitrogen and oxygen atoms in total. The molecule has 2 aromatic rings. The van der Waals surface area contributed by atoms with Crippen LogP contribution in [0, 0.1) is 10.1 Å². The smallest absolute Gasteiger partial charge is 0.283 e. The average molecular weight is 324 g/mol. The van der Waals surface area contributed by atoms with Crippen LogP contribution >= 0.6 is 23.4 Å². The van der Waals surface area contributed by atoms with E-state index in [1.165, 1.54) is 12.1 Å². The summed E-state index contributed by atoms with van der Waals surface area (Å²) in [6.45, 7) is 0. The Morgan fingerprint density at radius 3 is 2.67 bits per heavy atom. The minimum absolute atomic E-state index is 0.0112. The van der Waals surface area contributed by atoms with Crippen molar-refractivity contribution in [2.45, 2.75) is 9.79 Å². The van der Waals surface area contributed by atoms with E-state index in [2.05, 4.69) is 5.16 Å². The number of amidine groups is 1. The van der Waals surface area contributed by atoms with E-state index in [9.17, 15) is 10.1 Å². The lowest BCUT2D eigenvalue weighted by molar-refractivity contribution is -0.387. The third-order valence-corrected chi connectivity index (χ3v) is 3.98. The number of hydrogen-bond acceptors (Lipinski definition) is 5. The summed E-state index contributed by atoms with van der Waals surface area (Å²) in [7, 11) is 0. The van der Waals surface area contributed by atoms with Gasteiger partial charge in [-0.15, -0.1) is 0 Å². The highest BCUT2D eigenvalue weighted by Crippen LogP contribution is 2.37. The van der Waals surface area contributed by atoms with Gasteiger partial charge in [0.1, 0.15) is 0 Å². The van der Waals surface area contributed by atoms with Gasteiger partial charge in [-0.05, 0) is 24.3 Å². The lowest BCUT2D eigenvalue weighted by Crippen LogP contribution is -2.14. The van der Waals surface area contributed by atoms with Gasteiger partial charge in [0.2, 0.25) is 0 Å². The Bertz CT molecular complexity index is 722. The van der Waals surface area contributed by atoms with Gasteiger partial charge in [0.15, 0.2) is 5.84 Å². The van der Waals surface area contributed by atoms with Gasteiger partial charge in [-0.2, -0.15) is 0 Å². The van der Waals surface area contributed by atoms with Crippen LogP contribution in [0.3, 0.4) is 0 Å². The van der Waals surface area contributed by atoms with Crippen LogP contribution in [0.4, 0.5) is 5.69 Å². The van der Waals surface area contributed by atoms with Gasteiger partial charge < -0.3 is 10.9 Å². The average Bonchev–Trinajstić information content (AvgIpc) is 2.48. The molecule has 2 rings (SSSR count). The van der Waals surface area contributed by atoms with Crippen LogP contribution in [0.2, 0.25) is 5.02 Å². The van der Waals surface area contributed by atoms with Crippen LogP contribution in [0.5, 0.6) is 0 Å². The Balaban J connectivity index is 2.48. The van der Waals surface area contributed by atoms with E-state index in [1.54, 1.807) is 30.3 Å². The van der Waals surface area contributed by atoms with Crippen molar-refractivity contribution in [3.63, 3.8) is 0 Å². The van der Waals surface area contributed by atoms with E-state index in [0.29, 0.717) is 20.4 Å². The quantitative estimate of drug-likeness (QED) is 0.295. The molecule has 0 atom stereocenters. The van der Waals surface area contributed by atoms with Crippen molar-refractivity contribution in [3.05, 3.63) is 63.2 Å². The molecular formula is C13H10ClN3O3S. The molecule has 0 saturated carbocycles. The van der Waals surface area contributed by atoms with Crippen LogP contribution in [0.15, 0.2) is 57.4 Å². The molecule has 0 spiro atoms. The van der Waals surface area contributed by atoms with E-state index in [-0.39, 0.29) is 11.5 Å². The minimum Gasteiger partial charge on any atom is -0.409 e. The van der Waals surface area contributed by atoms with E-state index in [0.717, 1.165) is 11.8 Å². The number of halogens is 1. The fourth-order valence-electron chi connectivity index (χ4n) is 1.66. The van der Waals surface area contributed by atoms with Gasteiger partial charge in [-0.3, -0.25) is 10.1 Å². The number of oxime groups is 1. The Kier molecular flexibility index (Phi) is 4.66. The number of nitro benzene ring substituents is 1. The summed E-state index contributed by atoms with van der Waals surface area (Å²) in [6, 6.07) is 11.2. The van der Waals surface area contributed by atoms with Crippen molar-refractivity contribution >= 4 is 34.9 Å². The van der Waals surface area contributed by atoms with Crippen molar-refractivity contribution < 1.29 is 10.1 Å². The molecule has 0 fully saturated rings. The third-order valence-electron chi connectivity index (χ3n) is 2.61. The Hall–Kier alpha value is -2.25. The second-order valence-electron chi connectivity index (χ2n) is 3.95. The van der Waals surface area contributed by atoms with Crippen LogP contribution in [-0.4, -0.2) is 16.0 Å². The molecule has 0 aliphatic carbocycles. The lowest BCUT2D eigenvalue weighted by atomic mass is 10.2. The first-order valence-electron chi connectivity index (χ1n) is 5.71. The molecule has 8 heteroatoms. The van der Waals surface area contributed by atoms with Crippen molar-refractivity contribution in [3.8, 4) is 0 Å². The molecule has 0 amide bonds. The number of nitrogens with zero attached hydrogens (tertiary/aromatic N) is 2. The van der Waals surface area contributed by atoms with Crippen LogP contribution in [0.1, 0.15) is 5.56 Å². The molecule has 108 valence electrons. The number of nitro groups is 1. The zero-order chi connectivity index (χ0) is 15.4. The van der Waals surface area contributed by atoms with E-state index in [1.807, 2.05) is 0 Å². The van der Waals surface area contributed by atoms with Crippen molar-refractivity contribution in [1.29, 1.82) is 0 Å². The largest absolute Gasteiger partial charge is 0.409 e. The summed E-state index contributed by atoms with van der Waals surface area (Å²) in [4.78, 5) is 11.6. The lowest BCUT2D eigenvalue weighted by Gasteiger charge is -2.08. The normalized spacial score (nSPS) is 11.4. The Labute approximate surface area is 129 Å². The summed E-state index contributed by atoms with van der Waals surface area (Å²) in [6.07, 6.45) is 0. The molecule has 0 bridgehead atoms. The SMILES string of the molecule is NC(=NO)c1cc(Cl)ccc1Sc1ccccc1[N+](=O)[O-]. The number of rotatable bonds is 4. The Morgan fingerprint density at radius 2 is 2.00 bits per heavy atom. The first kappa shape index (κ1) is 15.1. The molecule has 0 heterocycles. The predicted molar refractivity (Wildman–Crippen MR) is 81.2 cm³/mol. The number of nitrogens with two attached hydrogens (primary N) is 1. The number of hydrogen-bond donors (Lipinski definition) is 2. The number of para-hydroxylation sites is 1. The topological polar surface area (TPSA) is 102 Å². The molecule has 0 unspecified atom stereocenters. The zero-order valence-corrected chi connectivity index (χ0v) is 12.1. The molecule has 0 aliphatic heterocycles. The van der Waals surface area contributed by atoms with Crippen LogP contribution < -0.4 is 5.73 Å². The fraction of sp³-hybridized carbons (Fsp3) is 0. The molecule has 0 aromatic heterocycles. The molecular weight excluding hydrogens is 314 g/mol. The molecule has 0 aliphatic rings. The van der Waals surface area contributed by atoms with Gasteiger partial charge in [-0.25, -0.2) is 0 Å². The minimum atomic E-state index is -0.457. The van der Waals surface area contributed by atoms with Crippen molar-refractivity contribution in [2.75, 3.05) is 0 Å². The monoisotopic (exact) mass is 323 g/mol. The fourth-order valence-corrected chi connectivity index (χ4v) is 2.87. The highest BCUT2D eigenvalue weighted by atomic mass is 35.5. The van der Waals surface area contributed by atoms with Gasteiger partial charge in [0, 0.05) is 21.5 Å². The number of benzene rings is 2. The summed E-state index contributed by atoms with van der Waals surface area (Å²) in [5.41, 5.74) is 6.01. The van der Waals surface area contributed by atoms with E-state index >= 15 is 0 Å². The first-order chi connectivity index (χ1) is 10.0. The standard InChI is InChI=1S/C13H10ClN3O3S/c14-8-5-6-11(9(7-8)13(15)16-18)21-12-4-2-1-3-10(12)17(19)20/h1-7,18H,(H2,15,16). The highest BCUT2D eigenvalue weighted by Gasteiger charge is 2.16. The summed E-state index contributed by atoms with van der Waals surface area (Å²) < 4.78 is 0. The second-order valence-corrected chi connectivity index (χ2v) is 5.47. The van der Waals surface area contributed by atoms with Gasteiger partial charge in [-0.1, -0.05) is 40.7 Å². The van der Waals surface area contributed by atoms with Gasteiger partial charge in [0.05, 0.1) is 9.82 Å². The highest BCUT2D eigenvalue weighted by molar-refractivity contribution is 7.99. The van der Waals surface area contributed by atoms with Crippen LogP contribution in [-0.2, 0) is 0 Å². The molecule has 0 saturated heterocycles. The predicted octanol–water partition coefficient (Wildman–Crippen LogP) is 3.49. The Morgan fingerprint density at radius 1 is 1.29 bits per heavy atom. The maximum absolute atomic E-state index is 11.0. The van der Waals surface area contributed by atoms with Gasteiger partial charge in [0.25, 0.3) is 5.69 Å². The summed E-state index contributed by atoms with van der Waals surface area (Å²) in [5, 5.41) is 23.2. The van der Waals surface area contributed by atoms with Crippen molar-refractivity contribution in [2.24, 2.45) is 10.9 Å². The summed E-state index contributed by atoms with van der Waals surface area (Å²) >= 11 is 7.04. The van der Waals surface area contributed by atoms with E-state index < -0.39 is 4.92 Å².